The van der Waals surface area contributed by atoms with Crippen LogP contribution in [0.25, 0.3) is 0 Å². The molecule has 0 atom stereocenters. The first-order chi connectivity index (χ1) is 5.84. The highest BCUT2D eigenvalue weighted by molar-refractivity contribution is 5.94. The van der Waals surface area contributed by atoms with Crippen molar-refractivity contribution < 1.29 is 5.21 Å². The zero-order chi connectivity index (χ0) is 9.40. The maximum Gasteiger partial charge on any atom is 0.190 e. The number of oxime groups is 1. The summed E-state index contributed by atoms with van der Waals surface area (Å²) in [6.45, 7) is 4.00. The van der Waals surface area contributed by atoms with Crippen molar-refractivity contribution in [2.75, 3.05) is 0 Å². The molecule has 3 N–H and O–H groups in total. The molecule has 0 aliphatic carbocycles. The van der Waals surface area contributed by atoms with E-state index in [0.717, 1.165) is 0 Å². The number of nitrogens with two attached hydrogens (primary N) is 1. The summed E-state index contributed by atoms with van der Waals surface area (Å²) in [5, 5.41) is 10.9. The number of amidine groups is 1. The molecule has 0 aliphatic heterocycles. The molecule has 0 fully saturated rings. The van der Waals surface area contributed by atoms with Crippen LogP contribution in [0, 0.1) is 0 Å². The van der Waals surface area contributed by atoms with Gasteiger partial charge in [-0.2, -0.15) is 0 Å². The van der Waals surface area contributed by atoms with Crippen LogP contribution in [0.1, 0.15) is 19.5 Å². The first-order valence-corrected chi connectivity index (χ1v) is 3.58. The summed E-state index contributed by atoms with van der Waals surface area (Å²) in [6.07, 6.45) is 4.39. The van der Waals surface area contributed by atoms with Crippen LogP contribution < -0.4 is 5.73 Å². The summed E-state index contributed by atoms with van der Waals surface area (Å²) in [5.41, 5.74) is 5.56. The number of nitrogens with zero attached hydrogens (tertiary/aromatic N) is 3. The highest BCUT2D eigenvalue weighted by Gasteiger charge is 1.96. The Balaban J connectivity index is 0.000000561. The minimum Gasteiger partial charge on any atom is -0.409 e. The van der Waals surface area contributed by atoms with Crippen LogP contribution in [0.4, 0.5) is 0 Å². The van der Waals surface area contributed by atoms with E-state index in [4.69, 9.17) is 10.9 Å². The molecule has 0 aromatic carbocycles. The lowest BCUT2D eigenvalue weighted by Gasteiger charge is -1.92. The third-order valence-corrected chi connectivity index (χ3v) is 0.933. The molecule has 0 saturated heterocycles. The molecular formula is C7H12N4O. The summed E-state index contributed by atoms with van der Waals surface area (Å²) in [5.74, 6) is -0.0342. The minimum atomic E-state index is -0.0342. The van der Waals surface area contributed by atoms with Crippen molar-refractivity contribution in [2.24, 2.45) is 10.9 Å². The van der Waals surface area contributed by atoms with Gasteiger partial charge < -0.3 is 10.9 Å². The zero-order valence-corrected chi connectivity index (χ0v) is 7.10. The predicted octanol–water partition coefficient (Wildman–Crippen LogP) is 0.597. The van der Waals surface area contributed by atoms with Crippen LogP contribution in [0.3, 0.4) is 0 Å². The Morgan fingerprint density at radius 1 is 1.50 bits per heavy atom. The van der Waals surface area contributed by atoms with Crippen molar-refractivity contribution in [3.63, 3.8) is 0 Å². The van der Waals surface area contributed by atoms with E-state index in [1.165, 1.54) is 18.6 Å². The second-order valence-corrected chi connectivity index (χ2v) is 1.58. The largest absolute Gasteiger partial charge is 0.409 e. The smallest absolute Gasteiger partial charge is 0.190 e. The molecule has 0 bridgehead atoms. The molecule has 1 aromatic heterocycles. The minimum absolute atomic E-state index is 0.0342. The highest BCUT2D eigenvalue weighted by atomic mass is 16.4. The maximum absolute atomic E-state index is 8.18. The molecule has 0 saturated carbocycles. The summed E-state index contributed by atoms with van der Waals surface area (Å²) in [4.78, 5) is 7.49. The van der Waals surface area contributed by atoms with Crippen molar-refractivity contribution in [3.05, 3.63) is 24.3 Å². The van der Waals surface area contributed by atoms with Gasteiger partial charge in [-0.15, -0.1) is 0 Å². The molecule has 0 unspecified atom stereocenters. The Morgan fingerprint density at radius 3 is 2.58 bits per heavy atom. The summed E-state index contributed by atoms with van der Waals surface area (Å²) in [7, 11) is 0. The average Bonchev–Trinajstić information content (AvgIpc) is 2.21. The van der Waals surface area contributed by atoms with Gasteiger partial charge in [-0.25, -0.2) is 4.98 Å². The van der Waals surface area contributed by atoms with Crippen molar-refractivity contribution in [1.82, 2.24) is 9.97 Å². The fourth-order valence-electron chi connectivity index (χ4n) is 0.483. The lowest BCUT2D eigenvalue weighted by molar-refractivity contribution is 0.318. The van der Waals surface area contributed by atoms with Gasteiger partial charge in [0.2, 0.25) is 0 Å². The normalized spacial score (nSPS) is 10.0. The van der Waals surface area contributed by atoms with Gasteiger partial charge in [-0.05, 0) is 0 Å². The van der Waals surface area contributed by atoms with Crippen molar-refractivity contribution >= 4 is 5.84 Å². The van der Waals surface area contributed by atoms with Gasteiger partial charge in [0, 0.05) is 12.4 Å². The number of rotatable bonds is 1. The van der Waals surface area contributed by atoms with E-state index in [9.17, 15) is 0 Å². The molecule has 5 heteroatoms. The van der Waals surface area contributed by atoms with Crippen LogP contribution in [0.2, 0.25) is 0 Å². The van der Waals surface area contributed by atoms with Crippen molar-refractivity contribution in [1.29, 1.82) is 0 Å². The summed E-state index contributed by atoms with van der Waals surface area (Å²) >= 11 is 0. The molecule has 0 amide bonds. The quantitative estimate of drug-likeness (QED) is 0.278. The predicted molar refractivity (Wildman–Crippen MR) is 45.9 cm³/mol. The fraction of sp³-hybridized carbons (Fsp3) is 0.286. The number of hydrogen-bond donors (Lipinski definition) is 2. The average molecular weight is 168 g/mol. The van der Waals surface area contributed by atoms with Crippen LogP contribution in [-0.4, -0.2) is 21.0 Å². The molecule has 0 radical (unpaired) electrons. The molecule has 12 heavy (non-hydrogen) atoms. The van der Waals surface area contributed by atoms with E-state index in [1.807, 2.05) is 13.8 Å². The van der Waals surface area contributed by atoms with E-state index in [0.29, 0.717) is 5.69 Å². The molecule has 0 spiro atoms. The molecule has 1 rings (SSSR count). The number of aromatic nitrogens is 2. The van der Waals surface area contributed by atoms with E-state index < -0.39 is 0 Å². The van der Waals surface area contributed by atoms with Crippen molar-refractivity contribution in [2.45, 2.75) is 13.8 Å². The fourth-order valence-corrected chi connectivity index (χ4v) is 0.483. The van der Waals surface area contributed by atoms with E-state index >= 15 is 0 Å². The molecular weight excluding hydrogens is 156 g/mol. The Morgan fingerprint density at radius 2 is 2.17 bits per heavy atom. The van der Waals surface area contributed by atoms with E-state index in [-0.39, 0.29) is 5.84 Å². The Kier molecular flexibility index (Phi) is 5.25. The lowest BCUT2D eigenvalue weighted by atomic mass is 10.4. The molecule has 66 valence electrons. The van der Waals surface area contributed by atoms with Crippen LogP contribution in [-0.2, 0) is 0 Å². The van der Waals surface area contributed by atoms with Gasteiger partial charge in [0.1, 0.15) is 5.69 Å². The Labute approximate surface area is 71.0 Å². The topological polar surface area (TPSA) is 84.4 Å². The van der Waals surface area contributed by atoms with Gasteiger partial charge in [0.05, 0.1) is 6.20 Å². The molecule has 5 nitrogen and oxygen atoms in total. The monoisotopic (exact) mass is 168 g/mol. The Bertz CT molecular complexity index is 234. The van der Waals surface area contributed by atoms with E-state index in [2.05, 4.69) is 15.1 Å². The van der Waals surface area contributed by atoms with Crippen LogP contribution in [0.15, 0.2) is 23.7 Å². The maximum atomic E-state index is 8.18. The second kappa shape index (κ2) is 6.09. The van der Waals surface area contributed by atoms with Gasteiger partial charge in [0.15, 0.2) is 5.84 Å². The van der Waals surface area contributed by atoms with Crippen molar-refractivity contribution in [3.8, 4) is 0 Å². The highest BCUT2D eigenvalue weighted by Crippen LogP contribution is 1.87. The van der Waals surface area contributed by atoms with Gasteiger partial charge in [-0.1, -0.05) is 19.0 Å². The van der Waals surface area contributed by atoms with Gasteiger partial charge >= 0.3 is 0 Å². The summed E-state index contributed by atoms with van der Waals surface area (Å²) in [6, 6.07) is 0. The SMILES string of the molecule is CC.N/C(=N\O)c1cnccn1. The molecule has 1 aromatic rings. The van der Waals surface area contributed by atoms with Gasteiger partial charge in [-0.3, -0.25) is 4.98 Å². The summed E-state index contributed by atoms with van der Waals surface area (Å²) < 4.78 is 0. The molecule has 0 aliphatic rings. The van der Waals surface area contributed by atoms with E-state index in [1.54, 1.807) is 0 Å². The first-order valence-electron chi connectivity index (χ1n) is 3.58. The third kappa shape index (κ3) is 2.96. The Hall–Kier alpha value is -1.65. The second-order valence-electron chi connectivity index (χ2n) is 1.58. The van der Waals surface area contributed by atoms with Crippen LogP contribution in [0.5, 0.6) is 0 Å². The standard InChI is InChI=1S/C5H6N4O.C2H6/c6-5(9-10)4-3-7-1-2-8-4;1-2/h1-3,10H,(H2,6,9);1-2H3. The zero-order valence-electron chi connectivity index (χ0n) is 7.10. The molecule has 1 heterocycles. The first kappa shape index (κ1) is 10.3. The third-order valence-electron chi connectivity index (χ3n) is 0.933. The number of hydrogen-bond acceptors (Lipinski definition) is 4. The van der Waals surface area contributed by atoms with Gasteiger partial charge in [0.25, 0.3) is 0 Å². The van der Waals surface area contributed by atoms with Crippen LogP contribution >= 0.6 is 0 Å². The lowest BCUT2D eigenvalue weighted by Crippen LogP contribution is -2.14.